The molecule has 1 aromatic heterocycles. The van der Waals surface area contributed by atoms with Crippen molar-refractivity contribution in [2.75, 3.05) is 17.3 Å². The van der Waals surface area contributed by atoms with Crippen LogP contribution in [0.4, 0.5) is 17.5 Å². The van der Waals surface area contributed by atoms with Gasteiger partial charge in [-0.2, -0.15) is 4.98 Å². The van der Waals surface area contributed by atoms with E-state index in [9.17, 15) is 10.1 Å². The molecule has 1 aromatic carbocycles. The molecule has 21 heavy (non-hydrogen) atoms. The number of benzene rings is 1. The minimum Gasteiger partial charge on any atom is -0.364 e. The van der Waals surface area contributed by atoms with Crippen molar-refractivity contribution in [3.8, 4) is 0 Å². The van der Waals surface area contributed by atoms with E-state index < -0.39 is 4.92 Å². The number of hydrazine groups is 1. The number of nitrogens with two attached hydrogens (primary N) is 1. The normalized spacial score (nSPS) is 10.2. The molecule has 2 aromatic rings. The van der Waals surface area contributed by atoms with Crippen molar-refractivity contribution in [1.29, 1.82) is 0 Å². The van der Waals surface area contributed by atoms with Crippen LogP contribution in [0.15, 0.2) is 30.3 Å². The van der Waals surface area contributed by atoms with E-state index in [4.69, 9.17) is 5.84 Å². The first kappa shape index (κ1) is 14.7. The van der Waals surface area contributed by atoms with Crippen LogP contribution in [0.3, 0.4) is 0 Å². The number of aromatic nitrogens is 2. The number of hydrogen-bond acceptors (Lipinski definition) is 7. The van der Waals surface area contributed by atoms with Gasteiger partial charge in [-0.15, -0.1) is 0 Å². The molecule has 0 saturated heterocycles. The lowest BCUT2D eigenvalue weighted by Gasteiger charge is -2.09. The molecule has 0 amide bonds. The number of nitrogens with one attached hydrogen (secondary N) is 2. The Hall–Kier alpha value is -2.74. The summed E-state index contributed by atoms with van der Waals surface area (Å²) in [5, 5.41) is 14.1. The number of hydrogen-bond donors (Lipinski definition) is 3. The van der Waals surface area contributed by atoms with E-state index in [-0.39, 0.29) is 23.1 Å². The van der Waals surface area contributed by atoms with Gasteiger partial charge in [0.1, 0.15) is 5.69 Å². The number of rotatable bonds is 6. The highest BCUT2D eigenvalue weighted by atomic mass is 16.6. The fourth-order valence-corrected chi connectivity index (χ4v) is 1.94. The minimum absolute atomic E-state index is 0.137. The first-order valence-electron chi connectivity index (χ1n) is 6.39. The second-order valence-corrected chi connectivity index (χ2v) is 4.39. The molecular formula is C13H16N6O2. The molecule has 2 rings (SSSR count). The summed E-state index contributed by atoms with van der Waals surface area (Å²) in [6, 6.07) is 9.82. The molecule has 0 saturated carbocycles. The van der Waals surface area contributed by atoms with Crippen LogP contribution in [-0.2, 0) is 6.42 Å². The molecule has 0 aliphatic heterocycles. The highest BCUT2D eigenvalue weighted by Gasteiger charge is 2.21. The molecule has 8 heteroatoms. The molecule has 4 N–H and O–H groups in total. The Morgan fingerprint density at radius 2 is 2.00 bits per heavy atom. The molecular weight excluding hydrogens is 272 g/mol. The third kappa shape index (κ3) is 3.63. The van der Waals surface area contributed by atoms with Crippen LogP contribution >= 0.6 is 0 Å². The maximum atomic E-state index is 11.1. The number of aryl methyl sites for hydroxylation is 1. The molecule has 0 spiro atoms. The summed E-state index contributed by atoms with van der Waals surface area (Å²) in [6.45, 7) is 2.06. The largest absolute Gasteiger partial charge is 0.364 e. The van der Waals surface area contributed by atoms with E-state index >= 15 is 0 Å². The predicted octanol–water partition coefficient (Wildman–Crippen LogP) is 1.63. The molecule has 0 aliphatic carbocycles. The summed E-state index contributed by atoms with van der Waals surface area (Å²) >= 11 is 0. The maximum absolute atomic E-state index is 11.1. The summed E-state index contributed by atoms with van der Waals surface area (Å²) in [5.74, 6) is 5.56. The number of anilines is 2. The topological polar surface area (TPSA) is 119 Å². The van der Waals surface area contributed by atoms with Crippen LogP contribution in [-0.4, -0.2) is 21.4 Å². The summed E-state index contributed by atoms with van der Waals surface area (Å²) in [6.07, 6.45) is 0.729. The zero-order chi connectivity index (χ0) is 15.2. The van der Waals surface area contributed by atoms with Gasteiger partial charge in [-0.1, -0.05) is 30.3 Å². The van der Waals surface area contributed by atoms with Crippen molar-refractivity contribution < 1.29 is 4.92 Å². The van der Waals surface area contributed by atoms with E-state index in [0.29, 0.717) is 6.54 Å². The van der Waals surface area contributed by atoms with Gasteiger partial charge in [0.25, 0.3) is 0 Å². The lowest BCUT2D eigenvalue weighted by atomic mass is 10.1. The molecule has 1 heterocycles. The summed E-state index contributed by atoms with van der Waals surface area (Å²) in [4.78, 5) is 18.5. The molecule has 0 bridgehead atoms. The van der Waals surface area contributed by atoms with Crippen molar-refractivity contribution in [1.82, 2.24) is 9.97 Å². The Morgan fingerprint density at radius 3 is 2.62 bits per heavy atom. The van der Waals surface area contributed by atoms with Crippen LogP contribution in [0.25, 0.3) is 0 Å². The van der Waals surface area contributed by atoms with Crippen LogP contribution in [0.5, 0.6) is 0 Å². The average Bonchev–Trinajstić information content (AvgIpc) is 2.47. The van der Waals surface area contributed by atoms with Crippen LogP contribution in [0, 0.1) is 17.0 Å². The lowest BCUT2D eigenvalue weighted by molar-refractivity contribution is -0.385. The molecule has 0 unspecified atom stereocenters. The van der Waals surface area contributed by atoms with Gasteiger partial charge in [-0.3, -0.25) is 15.5 Å². The number of nitrogen functional groups attached to an aromatic ring is 1. The van der Waals surface area contributed by atoms with E-state index in [1.807, 2.05) is 30.3 Å². The van der Waals surface area contributed by atoms with Gasteiger partial charge < -0.3 is 5.32 Å². The molecule has 110 valence electrons. The quantitative estimate of drug-likeness (QED) is 0.420. The Balaban J connectivity index is 2.14. The molecule has 0 radical (unpaired) electrons. The molecule has 0 atom stereocenters. The predicted molar refractivity (Wildman–Crippen MR) is 79.9 cm³/mol. The lowest BCUT2D eigenvalue weighted by Crippen LogP contribution is -2.15. The molecule has 8 nitrogen and oxygen atoms in total. The van der Waals surface area contributed by atoms with Gasteiger partial charge in [0.05, 0.1) is 4.92 Å². The second kappa shape index (κ2) is 6.62. The summed E-state index contributed by atoms with van der Waals surface area (Å²) in [5.41, 5.74) is 3.55. The zero-order valence-electron chi connectivity index (χ0n) is 11.5. The average molecular weight is 288 g/mol. The summed E-state index contributed by atoms with van der Waals surface area (Å²) < 4.78 is 0. The van der Waals surface area contributed by atoms with Crippen molar-refractivity contribution in [3.05, 3.63) is 51.7 Å². The highest BCUT2D eigenvalue weighted by Crippen LogP contribution is 2.26. The van der Waals surface area contributed by atoms with Gasteiger partial charge in [-0.25, -0.2) is 10.8 Å². The van der Waals surface area contributed by atoms with Crippen LogP contribution in [0.2, 0.25) is 0 Å². The fraction of sp³-hybridized carbons (Fsp3) is 0.231. The standard InChI is InChI=1S/C13H16N6O2/c1-9-11(19(20)21)12(17-13(16-9)18-14)15-8-7-10-5-3-2-4-6-10/h2-6H,7-8,14H2,1H3,(H2,15,16,17,18). The monoisotopic (exact) mass is 288 g/mol. The smallest absolute Gasteiger partial charge is 0.332 e. The maximum Gasteiger partial charge on any atom is 0.332 e. The van der Waals surface area contributed by atoms with Gasteiger partial charge >= 0.3 is 5.69 Å². The Morgan fingerprint density at radius 1 is 1.29 bits per heavy atom. The van der Waals surface area contributed by atoms with Gasteiger partial charge in [0.2, 0.25) is 11.8 Å². The van der Waals surface area contributed by atoms with E-state index in [0.717, 1.165) is 12.0 Å². The van der Waals surface area contributed by atoms with Crippen molar-refractivity contribution in [2.24, 2.45) is 5.84 Å². The van der Waals surface area contributed by atoms with Crippen molar-refractivity contribution in [3.63, 3.8) is 0 Å². The molecule has 0 fully saturated rings. The van der Waals surface area contributed by atoms with E-state index in [1.165, 1.54) is 0 Å². The highest BCUT2D eigenvalue weighted by molar-refractivity contribution is 5.60. The van der Waals surface area contributed by atoms with Gasteiger partial charge in [0.15, 0.2) is 0 Å². The Kier molecular flexibility index (Phi) is 4.62. The third-order valence-corrected chi connectivity index (χ3v) is 2.92. The first-order valence-corrected chi connectivity index (χ1v) is 6.39. The van der Waals surface area contributed by atoms with Crippen LogP contribution < -0.4 is 16.6 Å². The number of nitrogens with zero attached hydrogens (tertiary/aromatic N) is 3. The van der Waals surface area contributed by atoms with E-state index in [1.54, 1.807) is 6.92 Å². The second-order valence-electron chi connectivity index (χ2n) is 4.39. The Bertz CT molecular complexity index is 632. The fourth-order valence-electron chi connectivity index (χ4n) is 1.94. The van der Waals surface area contributed by atoms with E-state index in [2.05, 4.69) is 20.7 Å². The summed E-state index contributed by atoms with van der Waals surface area (Å²) in [7, 11) is 0. The van der Waals surface area contributed by atoms with Gasteiger partial charge in [0, 0.05) is 6.54 Å². The third-order valence-electron chi connectivity index (χ3n) is 2.92. The van der Waals surface area contributed by atoms with Crippen molar-refractivity contribution in [2.45, 2.75) is 13.3 Å². The number of nitro groups is 1. The SMILES string of the molecule is Cc1nc(NN)nc(NCCc2ccccc2)c1[N+](=O)[O-]. The minimum atomic E-state index is -0.500. The van der Waals surface area contributed by atoms with Crippen LogP contribution in [0.1, 0.15) is 11.3 Å². The molecule has 0 aliphatic rings. The zero-order valence-corrected chi connectivity index (χ0v) is 11.5. The van der Waals surface area contributed by atoms with Crippen molar-refractivity contribution >= 4 is 17.5 Å². The van der Waals surface area contributed by atoms with Gasteiger partial charge in [-0.05, 0) is 18.9 Å². The first-order chi connectivity index (χ1) is 10.1. The Labute approximate surface area is 121 Å².